The van der Waals surface area contributed by atoms with Gasteiger partial charge in [-0.15, -0.1) is 0 Å². The molecule has 0 unspecified atom stereocenters. The Morgan fingerprint density at radius 1 is 1.22 bits per heavy atom. The Morgan fingerprint density at radius 3 is 2.39 bits per heavy atom. The molecule has 0 bridgehead atoms. The van der Waals surface area contributed by atoms with Crippen LogP contribution in [0.3, 0.4) is 0 Å². The van der Waals surface area contributed by atoms with Crippen LogP contribution in [0.2, 0.25) is 0 Å². The molecule has 1 aromatic rings. The second-order valence-electron chi connectivity index (χ2n) is 4.72. The minimum atomic E-state index is -0.124. The number of nitriles is 1. The number of nitrogens with zero attached hydrogens (tertiary/aromatic N) is 1. The van der Waals surface area contributed by atoms with Gasteiger partial charge in [0.05, 0.1) is 24.7 Å². The third-order valence-corrected chi connectivity index (χ3v) is 3.54. The summed E-state index contributed by atoms with van der Waals surface area (Å²) in [6.45, 7) is 3.16. The molecular weight excluding hydrogens is 226 g/mol. The molecule has 1 aromatic carbocycles. The minimum Gasteiger partial charge on any atom is -0.490 e. The van der Waals surface area contributed by atoms with Crippen LogP contribution < -0.4 is 9.47 Å². The fourth-order valence-corrected chi connectivity index (χ4v) is 2.22. The highest BCUT2D eigenvalue weighted by molar-refractivity contribution is 5.39. The molecular formula is C15H19NO2. The molecule has 0 spiro atoms. The second kappa shape index (κ2) is 5.77. The quantitative estimate of drug-likeness (QED) is 0.769. The molecule has 0 amide bonds. The highest BCUT2D eigenvalue weighted by Gasteiger charge is 2.36. The average molecular weight is 245 g/mol. The molecule has 3 nitrogen and oxygen atoms in total. The first-order chi connectivity index (χ1) is 8.79. The van der Waals surface area contributed by atoms with Crippen molar-refractivity contribution in [2.75, 3.05) is 13.2 Å². The molecule has 96 valence electrons. The third-order valence-electron chi connectivity index (χ3n) is 3.54. The molecule has 0 saturated heterocycles. The van der Waals surface area contributed by atoms with E-state index in [0.29, 0.717) is 13.2 Å². The van der Waals surface area contributed by atoms with Crippen LogP contribution >= 0.6 is 0 Å². The lowest BCUT2D eigenvalue weighted by molar-refractivity contribution is 0.153. The predicted molar refractivity (Wildman–Crippen MR) is 69.6 cm³/mol. The van der Waals surface area contributed by atoms with Crippen LogP contribution in [0.5, 0.6) is 11.5 Å². The van der Waals surface area contributed by atoms with Crippen LogP contribution in [0, 0.1) is 16.7 Å². The molecule has 1 fully saturated rings. The molecule has 1 aliphatic carbocycles. The zero-order valence-corrected chi connectivity index (χ0v) is 10.8. The molecule has 2 rings (SSSR count). The third kappa shape index (κ3) is 2.76. The summed E-state index contributed by atoms with van der Waals surface area (Å²) in [7, 11) is 0. The highest BCUT2D eigenvalue weighted by atomic mass is 16.5. The van der Waals surface area contributed by atoms with Crippen molar-refractivity contribution in [1.29, 1.82) is 5.26 Å². The molecule has 0 radical (unpaired) electrons. The SMILES string of the molecule is CCOc1ccccc1OCCC1(C#N)CCC1. The molecule has 3 heteroatoms. The van der Waals surface area contributed by atoms with E-state index in [1.165, 1.54) is 6.42 Å². The number of ether oxygens (including phenoxy) is 2. The zero-order valence-electron chi connectivity index (χ0n) is 10.8. The van der Waals surface area contributed by atoms with Crippen molar-refractivity contribution in [1.82, 2.24) is 0 Å². The molecule has 1 saturated carbocycles. The van der Waals surface area contributed by atoms with Gasteiger partial charge in [-0.25, -0.2) is 0 Å². The lowest BCUT2D eigenvalue weighted by Crippen LogP contribution is -2.29. The summed E-state index contributed by atoms with van der Waals surface area (Å²) in [5, 5.41) is 9.14. The molecule has 18 heavy (non-hydrogen) atoms. The van der Waals surface area contributed by atoms with Crippen LogP contribution in [0.1, 0.15) is 32.6 Å². The maximum Gasteiger partial charge on any atom is 0.161 e. The minimum absolute atomic E-state index is 0.124. The van der Waals surface area contributed by atoms with E-state index in [9.17, 15) is 0 Å². The normalized spacial score (nSPS) is 16.4. The summed E-state index contributed by atoms with van der Waals surface area (Å²) >= 11 is 0. The fraction of sp³-hybridized carbons (Fsp3) is 0.533. The highest BCUT2D eigenvalue weighted by Crippen LogP contribution is 2.43. The summed E-state index contributed by atoms with van der Waals surface area (Å²) in [6.07, 6.45) is 4.01. The lowest BCUT2D eigenvalue weighted by atomic mass is 9.68. The second-order valence-corrected chi connectivity index (χ2v) is 4.72. The number of para-hydroxylation sites is 2. The summed E-state index contributed by atoms with van der Waals surface area (Å²) < 4.78 is 11.2. The van der Waals surface area contributed by atoms with Crippen LogP contribution in [0.25, 0.3) is 0 Å². The Labute approximate surface area is 108 Å². The summed E-state index contributed by atoms with van der Waals surface area (Å²) in [5.41, 5.74) is -0.124. The number of hydrogen-bond donors (Lipinski definition) is 0. The van der Waals surface area contributed by atoms with Gasteiger partial charge in [-0.1, -0.05) is 18.6 Å². The Hall–Kier alpha value is -1.69. The van der Waals surface area contributed by atoms with Crippen molar-refractivity contribution in [2.24, 2.45) is 5.41 Å². The van der Waals surface area contributed by atoms with Crippen molar-refractivity contribution in [3.05, 3.63) is 24.3 Å². The monoisotopic (exact) mass is 245 g/mol. The Balaban J connectivity index is 1.88. The van der Waals surface area contributed by atoms with Gasteiger partial charge in [0.2, 0.25) is 0 Å². The summed E-state index contributed by atoms with van der Waals surface area (Å²) in [5.74, 6) is 1.55. The van der Waals surface area contributed by atoms with Crippen LogP contribution in [0.4, 0.5) is 0 Å². The zero-order chi connectivity index (χ0) is 12.8. The van der Waals surface area contributed by atoms with Crippen molar-refractivity contribution in [3.63, 3.8) is 0 Å². The van der Waals surface area contributed by atoms with E-state index in [4.69, 9.17) is 14.7 Å². The van der Waals surface area contributed by atoms with Crippen molar-refractivity contribution >= 4 is 0 Å². The average Bonchev–Trinajstić information content (AvgIpc) is 2.35. The van der Waals surface area contributed by atoms with Gasteiger partial charge in [-0.3, -0.25) is 0 Å². The van der Waals surface area contributed by atoms with Crippen LogP contribution in [-0.4, -0.2) is 13.2 Å². The van der Waals surface area contributed by atoms with Gasteiger partial charge in [-0.2, -0.15) is 5.26 Å². The van der Waals surface area contributed by atoms with E-state index >= 15 is 0 Å². The molecule has 0 atom stereocenters. The fourth-order valence-electron chi connectivity index (χ4n) is 2.22. The molecule has 0 aliphatic heterocycles. The topological polar surface area (TPSA) is 42.2 Å². The molecule has 1 aliphatic rings. The van der Waals surface area contributed by atoms with E-state index in [-0.39, 0.29) is 5.41 Å². The van der Waals surface area contributed by atoms with E-state index in [0.717, 1.165) is 30.8 Å². The number of hydrogen-bond acceptors (Lipinski definition) is 3. The van der Waals surface area contributed by atoms with Crippen molar-refractivity contribution < 1.29 is 9.47 Å². The van der Waals surface area contributed by atoms with Crippen LogP contribution in [0.15, 0.2) is 24.3 Å². The number of rotatable bonds is 6. The molecule has 0 N–H and O–H groups in total. The Bertz CT molecular complexity index is 432. The van der Waals surface area contributed by atoms with Gasteiger partial charge < -0.3 is 9.47 Å². The van der Waals surface area contributed by atoms with E-state index in [2.05, 4.69) is 6.07 Å². The Kier molecular flexibility index (Phi) is 4.09. The first-order valence-electron chi connectivity index (χ1n) is 6.55. The molecule has 0 heterocycles. The van der Waals surface area contributed by atoms with E-state index < -0.39 is 0 Å². The standard InChI is InChI=1S/C15H19NO2/c1-2-17-13-6-3-4-7-14(13)18-11-10-15(12-16)8-5-9-15/h3-4,6-7H,2,5,8-11H2,1H3. The number of benzene rings is 1. The van der Waals surface area contributed by atoms with E-state index in [1.54, 1.807) is 0 Å². The maximum absolute atomic E-state index is 9.14. The van der Waals surface area contributed by atoms with Gasteiger partial charge in [0, 0.05) is 6.42 Å². The van der Waals surface area contributed by atoms with Gasteiger partial charge in [0.15, 0.2) is 11.5 Å². The lowest BCUT2D eigenvalue weighted by Gasteiger charge is -2.34. The largest absolute Gasteiger partial charge is 0.490 e. The van der Waals surface area contributed by atoms with Crippen molar-refractivity contribution in [3.8, 4) is 17.6 Å². The summed E-state index contributed by atoms with van der Waals surface area (Å²) in [4.78, 5) is 0. The maximum atomic E-state index is 9.14. The van der Waals surface area contributed by atoms with Gasteiger partial charge >= 0.3 is 0 Å². The van der Waals surface area contributed by atoms with E-state index in [1.807, 2.05) is 31.2 Å². The van der Waals surface area contributed by atoms with Gasteiger partial charge in [0.1, 0.15) is 0 Å². The Morgan fingerprint density at radius 2 is 1.89 bits per heavy atom. The smallest absolute Gasteiger partial charge is 0.161 e. The van der Waals surface area contributed by atoms with Gasteiger partial charge in [-0.05, 0) is 31.9 Å². The van der Waals surface area contributed by atoms with Crippen LogP contribution in [-0.2, 0) is 0 Å². The summed E-state index contributed by atoms with van der Waals surface area (Å²) in [6, 6.07) is 10.1. The first kappa shape index (κ1) is 12.8. The predicted octanol–water partition coefficient (Wildman–Crippen LogP) is 3.55. The van der Waals surface area contributed by atoms with Gasteiger partial charge in [0.25, 0.3) is 0 Å². The first-order valence-corrected chi connectivity index (χ1v) is 6.55. The van der Waals surface area contributed by atoms with Crippen molar-refractivity contribution in [2.45, 2.75) is 32.6 Å². The molecule has 0 aromatic heterocycles.